The van der Waals surface area contributed by atoms with Gasteiger partial charge in [-0.15, -0.1) is 0 Å². The maximum Gasteiger partial charge on any atom is 0.251 e. The number of aromatic nitrogens is 2. The number of hydrogen-bond donors (Lipinski definition) is 2. The summed E-state index contributed by atoms with van der Waals surface area (Å²) in [5, 5.41) is 17.4. The average Bonchev–Trinajstić information content (AvgIpc) is 3.23. The molecule has 2 fully saturated rings. The zero-order valence-corrected chi connectivity index (χ0v) is 15.2. The number of rotatable bonds is 5. The summed E-state index contributed by atoms with van der Waals surface area (Å²) in [6.07, 6.45) is 3.17. The second-order valence-corrected chi connectivity index (χ2v) is 7.72. The Labute approximate surface area is 153 Å². The van der Waals surface area contributed by atoms with E-state index in [0.29, 0.717) is 30.3 Å². The Balaban J connectivity index is 1.36. The molecule has 2 aliphatic rings. The highest BCUT2D eigenvalue weighted by Crippen LogP contribution is 2.41. The highest BCUT2D eigenvalue weighted by molar-refractivity contribution is 5.95. The minimum Gasteiger partial charge on any atom is -0.393 e. The topological polar surface area (TPSA) is 88.3 Å². The second kappa shape index (κ2) is 6.83. The molecule has 6 nitrogen and oxygen atoms in total. The monoisotopic (exact) mass is 355 g/mol. The van der Waals surface area contributed by atoms with E-state index in [0.717, 1.165) is 36.2 Å². The van der Waals surface area contributed by atoms with Crippen molar-refractivity contribution in [3.05, 3.63) is 46.6 Å². The van der Waals surface area contributed by atoms with Crippen LogP contribution in [-0.2, 0) is 0 Å². The Morgan fingerprint density at radius 2 is 2.08 bits per heavy atom. The second-order valence-electron chi connectivity index (χ2n) is 7.72. The first-order chi connectivity index (χ1) is 12.5. The molecule has 0 spiro atoms. The number of aliphatic hydroxyl groups is 1. The van der Waals surface area contributed by atoms with Gasteiger partial charge in [0.25, 0.3) is 5.91 Å². The summed E-state index contributed by atoms with van der Waals surface area (Å²) in [6, 6.07) is 5.73. The Bertz CT molecular complexity index is 812. The molecular formula is C20H25N3O3. The zero-order valence-electron chi connectivity index (χ0n) is 15.2. The van der Waals surface area contributed by atoms with E-state index in [4.69, 9.17) is 4.52 Å². The van der Waals surface area contributed by atoms with Crippen LogP contribution in [0.25, 0.3) is 0 Å². The Kier molecular flexibility index (Phi) is 4.53. The third-order valence-electron chi connectivity index (χ3n) is 5.78. The van der Waals surface area contributed by atoms with Gasteiger partial charge in [-0.05, 0) is 56.7 Å². The molecule has 138 valence electrons. The van der Waals surface area contributed by atoms with Crippen molar-refractivity contribution in [3.8, 4) is 0 Å². The summed E-state index contributed by atoms with van der Waals surface area (Å²) in [7, 11) is 0. The molecule has 2 aliphatic carbocycles. The lowest BCUT2D eigenvalue weighted by Gasteiger charge is -2.16. The van der Waals surface area contributed by atoms with Crippen LogP contribution >= 0.6 is 0 Å². The Morgan fingerprint density at radius 3 is 2.85 bits per heavy atom. The quantitative estimate of drug-likeness (QED) is 0.861. The van der Waals surface area contributed by atoms with E-state index >= 15 is 0 Å². The number of benzene rings is 1. The number of hydrogen-bond acceptors (Lipinski definition) is 5. The van der Waals surface area contributed by atoms with Crippen molar-refractivity contribution in [2.45, 2.75) is 57.5 Å². The zero-order chi connectivity index (χ0) is 18.3. The van der Waals surface area contributed by atoms with Gasteiger partial charge in [-0.2, -0.15) is 4.98 Å². The number of nitrogens with one attached hydrogen (secondary N) is 1. The molecule has 1 aromatic heterocycles. The van der Waals surface area contributed by atoms with E-state index in [1.165, 1.54) is 0 Å². The van der Waals surface area contributed by atoms with Gasteiger partial charge >= 0.3 is 0 Å². The van der Waals surface area contributed by atoms with Gasteiger partial charge in [-0.1, -0.05) is 17.3 Å². The van der Waals surface area contributed by atoms with E-state index in [1.807, 2.05) is 32.0 Å². The molecule has 0 bridgehead atoms. The Morgan fingerprint density at radius 1 is 1.27 bits per heavy atom. The molecule has 3 atom stereocenters. The van der Waals surface area contributed by atoms with Gasteiger partial charge in [0.05, 0.1) is 6.10 Å². The van der Waals surface area contributed by atoms with Crippen LogP contribution in [-0.4, -0.2) is 33.8 Å². The average molecular weight is 355 g/mol. The SMILES string of the molecule is Cc1cccc(C(=O)NC[C@H]2C[C@H](c3nc(C4CC4)no3)C[C@H]2O)c1C. The molecule has 4 rings (SSSR count). The number of aliphatic hydroxyl groups excluding tert-OH is 1. The van der Waals surface area contributed by atoms with Gasteiger partial charge in [0, 0.05) is 29.9 Å². The standard InChI is InChI=1S/C20H25N3O3/c1-11-4-3-5-16(12(11)2)19(25)21-10-15-8-14(9-17(15)24)20-22-18(23-26-20)13-6-7-13/h3-5,13-15,17,24H,6-10H2,1-2H3,(H,21,25)/t14-,15+,17+/m0/s1. The predicted octanol–water partition coefficient (Wildman–Crippen LogP) is 2.85. The van der Waals surface area contributed by atoms with Crippen LogP contribution in [0.1, 0.15) is 70.7 Å². The van der Waals surface area contributed by atoms with Crippen LogP contribution in [0.15, 0.2) is 22.7 Å². The van der Waals surface area contributed by atoms with Gasteiger partial charge in [0.2, 0.25) is 5.89 Å². The molecule has 2 saturated carbocycles. The van der Waals surface area contributed by atoms with Crippen molar-refractivity contribution in [2.24, 2.45) is 5.92 Å². The van der Waals surface area contributed by atoms with Crippen LogP contribution in [0.3, 0.4) is 0 Å². The number of carbonyl (C=O) groups excluding carboxylic acids is 1. The van der Waals surface area contributed by atoms with E-state index in [-0.39, 0.29) is 17.7 Å². The molecule has 2 aromatic rings. The summed E-state index contributed by atoms with van der Waals surface area (Å²) in [5.74, 6) is 1.90. The summed E-state index contributed by atoms with van der Waals surface area (Å²) >= 11 is 0. The van der Waals surface area contributed by atoms with Gasteiger partial charge in [-0.25, -0.2) is 0 Å². The number of carbonyl (C=O) groups is 1. The molecular weight excluding hydrogens is 330 g/mol. The van der Waals surface area contributed by atoms with Crippen LogP contribution in [0.5, 0.6) is 0 Å². The fourth-order valence-corrected chi connectivity index (χ4v) is 3.76. The third kappa shape index (κ3) is 3.38. The highest BCUT2D eigenvalue weighted by Gasteiger charge is 2.38. The van der Waals surface area contributed by atoms with Gasteiger partial charge in [-0.3, -0.25) is 4.79 Å². The van der Waals surface area contributed by atoms with Gasteiger partial charge < -0.3 is 14.9 Å². The van der Waals surface area contributed by atoms with Crippen molar-refractivity contribution < 1.29 is 14.4 Å². The first kappa shape index (κ1) is 17.2. The minimum atomic E-state index is -0.463. The number of nitrogens with zero attached hydrogens (tertiary/aromatic N) is 2. The molecule has 1 aromatic carbocycles. The fraction of sp³-hybridized carbons (Fsp3) is 0.550. The lowest BCUT2D eigenvalue weighted by molar-refractivity contribution is 0.0916. The normalized spacial score (nSPS) is 25.4. The minimum absolute atomic E-state index is 0.00494. The summed E-state index contributed by atoms with van der Waals surface area (Å²) in [5.41, 5.74) is 2.79. The van der Waals surface area contributed by atoms with Crippen molar-refractivity contribution in [2.75, 3.05) is 6.54 Å². The lowest BCUT2D eigenvalue weighted by Crippen LogP contribution is -2.32. The number of aryl methyl sites for hydroxylation is 1. The highest BCUT2D eigenvalue weighted by atomic mass is 16.5. The molecule has 26 heavy (non-hydrogen) atoms. The van der Waals surface area contributed by atoms with Crippen LogP contribution in [0, 0.1) is 19.8 Å². The van der Waals surface area contributed by atoms with Gasteiger partial charge in [0.1, 0.15) is 0 Å². The fourth-order valence-electron chi connectivity index (χ4n) is 3.76. The molecule has 0 unspecified atom stereocenters. The van der Waals surface area contributed by atoms with E-state index in [9.17, 15) is 9.90 Å². The molecule has 1 heterocycles. The third-order valence-corrected chi connectivity index (χ3v) is 5.78. The first-order valence-electron chi connectivity index (χ1n) is 9.39. The molecule has 2 N–H and O–H groups in total. The molecule has 0 radical (unpaired) electrons. The summed E-state index contributed by atoms with van der Waals surface area (Å²) in [6.45, 7) is 4.41. The Hall–Kier alpha value is -2.21. The van der Waals surface area contributed by atoms with Crippen molar-refractivity contribution >= 4 is 5.91 Å². The largest absolute Gasteiger partial charge is 0.393 e. The summed E-state index contributed by atoms with van der Waals surface area (Å²) in [4.78, 5) is 17.0. The molecule has 1 amide bonds. The van der Waals surface area contributed by atoms with Crippen LogP contribution in [0.2, 0.25) is 0 Å². The van der Waals surface area contributed by atoms with E-state index < -0.39 is 6.10 Å². The van der Waals surface area contributed by atoms with E-state index in [1.54, 1.807) is 0 Å². The van der Waals surface area contributed by atoms with Crippen molar-refractivity contribution in [1.82, 2.24) is 15.5 Å². The smallest absolute Gasteiger partial charge is 0.251 e. The molecule has 0 aliphatic heterocycles. The predicted molar refractivity (Wildman–Crippen MR) is 96.0 cm³/mol. The maximum atomic E-state index is 12.5. The van der Waals surface area contributed by atoms with Crippen molar-refractivity contribution in [3.63, 3.8) is 0 Å². The van der Waals surface area contributed by atoms with Gasteiger partial charge in [0.15, 0.2) is 5.82 Å². The van der Waals surface area contributed by atoms with Crippen LogP contribution in [0.4, 0.5) is 0 Å². The van der Waals surface area contributed by atoms with E-state index in [2.05, 4.69) is 15.5 Å². The number of amides is 1. The van der Waals surface area contributed by atoms with Crippen molar-refractivity contribution in [1.29, 1.82) is 0 Å². The summed E-state index contributed by atoms with van der Waals surface area (Å²) < 4.78 is 5.41. The van der Waals surface area contributed by atoms with Crippen LogP contribution < -0.4 is 5.32 Å². The maximum absolute atomic E-state index is 12.5. The first-order valence-corrected chi connectivity index (χ1v) is 9.39. The molecule has 6 heteroatoms. The lowest BCUT2D eigenvalue weighted by atomic mass is 10.0. The molecule has 0 saturated heterocycles.